The van der Waals surface area contributed by atoms with Gasteiger partial charge in [-0.2, -0.15) is 0 Å². The average Bonchev–Trinajstić information content (AvgIpc) is 3.41. The van der Waals surface area contributed by atoms with E-state index in [1.54, 1.807) is 17.0 Å². The Kier molecular flexibility index (Phi) is 10.7. The van der Waals surface area contributed by atoms with E-state index in [9.17, 15) is 14.7 Å². The van der Waals surface area contributed by atoms with Crippen LogP contribution in [0.3, 0.4) is 0 Å². The fourth-order valence-electron chi connectivity index (χ4n) is 5.19. The van der Waals surface area contributed by atoms with E-state index in [4.69, 9.17) is 0 Å². The molecule has 7 heteroatoms. The fourth-order valence-corrected chi connectivity index (χ4v) is 5.19. The summed E-state index contributed by atoms with van der Waals surface area (Å²) >= 11 is 0. The first-order valence-corrected chi connectivity index (χ1v) is 14.4. The first-order valence-electron chi connectivity index (χ1n) is 14.4. The van der Waals surface area contributed by atoms with Gasteiger partial charge in [-0.25, -0.2) is 0 Å². The first kappa shape index (κ1) is 29.3. The van der Waals surface area contributed by atoms with Crippen LogP contribution in [0.25, 0.3) is 0 Å². The molecule has 3 aromatic rings. The van der Waals surface area contributed by atoms with Crippen LogP contribution >= 0.6 is 0 Å². The summed E-state index contributed by atoms with van der Waals surface area (Å²) in [7, 11) is 0. The molecule has 3 atom stereocenters. The van der Waals surface area contributed by atoms with Crippen LogP contribution in [0.4, 0.5) is 11.4 Å². The highest BCUT2D eigenvalue weighted by Crippen LogP contribution is 2.27. The van der Waals surface area contributed by atoms with Crippen LogP contribution in [-0.4, -0.2) is 55.2 Å². The summed E-state index contributed by atoms with van der Waals surface area (Å²) in [6, 6.07) is 25.3. The van der Waals surface area contributed by atoms with E-state index in [0.29, 0.717) is 44.0 Å². The van der Waals surface area contributed by atoms with Gasteiger partial charge >= 0.3 is 0 Å². The number of amides is 2. The molecule has 1 fully saturated rings. The quantitative estimate of drug-likeness (QED) is 0.221. The molecule has 0 radical (unpaired) electrons. The predicted octanol–water partition coefficient (Wildman–Crippen LogP) is 4.73. The maximum atomic E-state index is 13.6. The Bertz CT molecular complexity index is 1230. The highest BCUT2D eigenvalue weighted by atomic mass is 16.3. The van der Waals surface area contributed by atoms with Crippen molar-refractivity contribution in [2.24, 2.45) is 0 Å². The molecule has 4 N–H and O–H groups in total. The van der Waals surface area contributed by atoms with Crippen molar-refractivity contribution in [1.29, 1.82) is 0 Å². The number of hydrogen-bond donors (Lipinski definition) is 4. The van der Waals surface area contributed by atoms with Crippen LogP contribution in [0, 0.1) is 0 Å². The van der Waals surface area contributed by atoms with Gasteiger partial charge < -0.3 is 26.0 Å². The van der Waals surface area contributed by atoms with Crippen LogP contribution in [-0.2, 0) is 11.2 Å². The van der Waals surface area contributed by atoms with E-state index >= 15 is 0 Å². The van der Waals surface area contributed by atoms with Gasteiger partial charge in [-0.15, -0.1) is 0 Å². The number of carbonyl (C=O) groups is 2. The molecule has 0 saturated carbocycles. The molecule has 1 saturated heterocycles. The molecule has 7 nitrogen and oxygen atoms in total. The topological polar surface area (TPSA) is 93.7 Å². The lowest BCUT2D eigenvalue weighted by Gasteiger charge is -2.26. The van der Waals surface area contributed by atoms with Gasteiger partial charge in [0.1, 0.15) is 0 Å². The summed E-state index contributed by atoms with van der Waals surface area (Å²) in [6.07, 6.45) is 2.00. The number of nitrogens with one attached hydrogen (secondary N) is 3. The standard InChI is InChI=1S/C33H42N4O3/c1-3-35-28-20-27(21-29(22-28)37-18-10-15-32(37)39)33(40)36-30(19-25-11-6-4-7-12-25)31(38)23-34-17-16-24(2)26-13-8-5-9-14-26/h4-9,11-14,20-22,24,30-31,34-35,38H,3,10,15-19,23H2,1-2H3,(H,36,40)/t24?,30-,31-/m0/s1. The molecule has 1 unspecified atom stereocenters. The van der Waals surface area contributed by atoms with Crippen molar-refractivity contribution in [3.05, 3.63) is 95.6 Å². The van der Waals surface area contributed by atoms with Gasteiger partial charge in [0.15, 0.2) is 0 Å². The zero-order valence-electron chi connectivity index (χ0n) is 23.6. The lowest BCUT2D eigenvalue weighted by Crippen LogP contribution is -2.49. The number of aliphatic hydroxyl groups is 1. The van der Waals surface area contributed by atoms with Gasteiger partial charge in [0.2, 0.25) is 5.91 Å². The van der Waals surface area contributed by atoms with E-state index < -0.39 is 12.1 Å². The third-order valence-corrected chi connectivity index (χ3v) is 7.50. The van der Waals surface area contributed by atoms with Gasteiger partial charge in [0, 0.05) is 43.0 Å². The zero-order chi connectivity index (χ0) is 28.3. The highest BCUT2D eigenvalue weighted by Gasteiger charge is 2.26. The molecule has 1 heterocycles. The Hall–Kier alpha value is -3.68. The minimum atomic E-state index is -0.784. The molecular formula is C33H42N4O3. The van der Waals surface area contributed by atoms with Crippen molar-refractivity contribution < 1.29 is 14.7 Å². The Morgan fingerprint density at radius 3 is 2.42 bits per heavy atom. The molecule has 3 aromatic carbocycles. The number of benzene rings is 3. The van der Waals surface area contributed by atoms with E-state index in [2.05, 4.69) is 47.1 Å². The summed E-state index contributed by atoms with van der Waals surface area (Å²) in [5.74, 6) is 0.210. The summed E-state index contributed by atoms with van der Waals surface area (Å²) in [6.45, 7) is 6.67. The second-order valence-electron chi connectivity index (χ2n) is 10.6. The predicted molar refractivity (Wildman–Crippen MR) is 162 cm³/mol. The van der Waals surface area contributed by atoms with Crippen LogP contribution in [0.15, 0.2) is 78.9 Å². The third-order valence-electron chi connectivity index (χ3n) is 7.50. The molecule has 1 aliphatic heterocycles. The highest BCUT2D eigenvalue weighted by molar-refractivity contribution is 6.00. The molecule has 4 rings (SSSR count). The molecule has 40 heavy (non-hydrogen) atoms. The molecule has 0 aliphatic carbocycles. The maximum Gasteiger partial charge on any atom is 0.251 e. The fraction of sp³-hybridized carbons (Fsp3) is 0.394. The molecule has 2 amide bonds. The summed E-state index contributed by atoms with van der Waals surface area (Å²) in [5, 5.41) is 21.0. The summed E-state index contributed by atoms with van der Waals surface area (Å²) in [5.41, 5.74) is 4.31. The van der Waals surface area contributed by atoms with Crippen molar-refractivity contribution in [3.8, 4) is 0 Å². The zero-order valence-corrected chi connectivity index (χ0v) is 23.6. The molecule has 0 aromatic heterocycles. The number of rotatable bonds is 14. The Labute approximate surface area is 238 Å². The second-order valence-corrected chi connectivity index (χ2v) is 10.6. The van der Waals surface area contributed by atoms with E-state index in [1.807, 2.05) is 49.4 Å². The SMILES string of the molecule is CCNc1cc(C(=O)N[C@@H](Cc2ccccc2)[C@@H](O)CNCCC(C)c2ccccc2)cc(N2CCCC2=O)c1. The van der Waals surface area contributed by atoms with Crippen LogP contribution in [0.1, 0.15) is 60.5 Å². The van der Waals surface area contributed by atoms with Crippen LogP contribution < -0.4 is 20.9 Å². The lowest BCUT2D eigenvalue weighted by molar-refractivity contribution is -0.117. The number of hydrogen-bond acceptors (Lipinski definition) is 5. The molecular weight excluding hydrogens is 500 g/mol. The van der Waals surface area contributed by atoms with Gasteiger partial charge in [0.05, 0.1) is 12.1 Å². The Balaban J connectivity index is 1.44. The van der Waals surface area contributed by atoms with Gasteiger partial charge in [-0.1, -0.05) is 67.6 Å². The normalized spacial score (nSPS) is 15.5. The van der Waals surface area contributed by atoms with Crippen molar-refractivity contribution in [2.75, 3.05) is 36.4 Å². The number of aliphatic hydroxyl groups excluding tert-OH is 1. The molecule has 0 bridgehead atoms. The van der Waals surface area contributed by atoms with Crippen molar-refractivity contribution in [1.82, 2.24) is 10.6 Å². The van der Waals surface area contributed by atoms with Crippen LogP contribution in [0.2, 0.25) is 0 Å². The minimum absolute atomic E-state index is 0.0741. The van der Waals surface area contributed by atoms with E-state index in [1.165, 1.54) is 5.56 Å². The number of anilines is 2. The largest absolute Gasteiger partial charge is 0.390 e. The maximum absolute atomic E-state index is 13.6. The minimum Gasteiger partial charge on any atom is -0.390 e. The van der Waals surface area contributed by atoms with Gasteiger partial charge in [-0.05, 0) is 68.0 Å². The third kappa shape index (κ3) is 8.16. The number of nitrogens with zero attached hydrogens (tertiary/aromatic N) is 1. The van der Waals surface area contributed by atoms with Gasteiger partial charge in [0.25, 0.3) is 5.91 Å². The number of carbonyl (C=O) groups excluding carboxylic acids is 2. The Morgan fingerprint density at radius 2 is 1.75 bits per heavy atom. The van der Waals surface area contributed by atoms with Gasteiger partial charge in [-0.3, -0.25) is 9.59 Å². The van der Waals surface area contributed by atoms with E-state index in [0.717, 1.165) is 36.3 Å². The van der Waals surface area contributed by atoms with Crippen molar-refractivity contribution in [3.63, 3.8) is 0 Å². The van der Waals surface area contributed by atoms with Crippen molar-refractivity contribution in [2.45, 2.75) is 57.6 Å². The second kappa shape index (κ2) is 14.6. The first-order chi connectivity index (χ1) is 19.4. The summed E-state index contributed by atoms with van der Waals surface area (Å²) < 4.78 is 0. The van der Waals surface area contributed by atoms with Crippen molar-refractivity contribution >= 4 is 23.2 Å². The molecule has 1 aliphatic rings. The monoisotopic (exact) mass is 542 g/mol. The molecule has 0 spiro atoms. The smallest absolute Gasteiger partial charge is 0.251 e. The van der Waals surface area contributed by atoms with Crippen LogP contribution in [0.5, 0.6) is 0 Å². The lowest BCUT2D eigenvalue weighted by atomic mass is 9.97. The average molecular weight is 543 g/mol. The summed E-state index contributed by atoms with van der Waals surface area (Å²) in [4.78, 5) is 27.7. The van der Waals surface area contributed by atoms with E-state index in [-0.39, 0.29) is 11.8 Å². The molecule has 212 valence electrons. The Morgan fingerprint density at radius 1 is 1.02 bits per heavy atom.